The minimum atomic E-state index is -1.24. The Balaban J connectivity index is 1.11. The number of amides is 2. The van der Waals surface area contributed by atoms with Gasteiger partial charge in [-0.1, -0.05) is 78.9 Å². The van der Waals surface area contributed by atoms with Crippen LogP contribution in [0.25, 0.3) is 11.1 Å². The molecule has 8 nitrogen and oxygen atoms in total. The molecule has 1 atom stereocenters. The molecule has 0 aliphatic heterocycles. The first-order valence-electron chi connectivity index (χ1n) is 13.7. The minimum absolute atomic E-state index is 0.0517. The molecule has 2 amide bonds. The maximum absolute atomic E-state index is 12.9. The van der Waals surface area contributed by atoms with Crippen molar-refractivity contribution in [2.45, 2.75) is 44.2 Å². The van der Waals surface area contributed by atoms with Gasteiger partial charge in [0.25, 0.3) is 0 Å². The van der Waals surface area contributed by atoms with Gasteiger partial charge in [-0.15, -0.1) is 0 Å². The minimum Gasteiger partial charge on any atom is -0.481 e. The second-order valence-electron chi connectivity index (χ2n) is 10.6. The number of carbonyl (C=O) groups is 3. The summed E-state index contributed by atoms with van der Waals surface area (Å²) in [4.78, 5) is 37.1. The molecule has 8 heteroatoms. The van der Waals surface area contributed by atoms with E-state index in [4.69, 9.17) is 9.47 Å². The van der Waals surface area contributed by atoms with Crippen molar-refractivity contribution in [2.75, 3.05) is 19.8 Å². The van der Waals surface area contributed by atoms with E-state index in [1.807, 2.05) is 78.9 Å². The highest BCUT2D eigenvalue weighted by Gasteiger charge is 2.42. The Hall–Kier alpha value is -4.17. The highest BCUT2D eigenvalue weighted by molar-refractivity contribution is 5.89. The normalized spacial score (nSPS) is 15.4. The maximum Gasteiger partial charge on any atom is 0.407 e. The zero-order chi connectivity index (χ0) is 28.0. The predicted molar refractivity (Wildman–Crippen MR) is 150 cm³/mol. The fourth-order valence-electron chi connectivity index (χ4n) is 5.31. The molecule has 2 aliphatic carbocycles. The average Bonchev–Trinajstić information content (AvgIpc) is 3.67. The summed E-state index contributed by atoms with van der Waals surface area (Å²) in [7, 11) is 0. The van der Waals surface area contributed by atoms with Crippen molar-refractivity contribution in [2.24, 2.45) is 5.41 Å². The molecule has 0 aromatic heterocycles. The van der Waals surface area contributed by atoms with E-state index in [9.17, 15) is 19.5 Å². The number of alkyl carbamates (subject to hydrolysis) is 1. The molecular weight excluding hydrogens is 508 g/mol. The fraction of sp³-hybridized carbons (Fsp3) is 0.344. The van der Waals surface area contributed by atoms with Crippen molar-refractivity contribution >= 4 is 18.0 Å². The number of carboxylic acids is 1. The third kappa shape index (κ3) is 6.69. The quantitative estimate of drug-likeness (QED) is 0.266. The van der Waals surface area contributed by atoms with Crippen molar-refractivity contribution in [1.82, 2.24) is 10.6 Å². The molecule has 208 valence electrons. The fourth-order valence-corrected chi connectivity index (χ4v) is 5.31. The van der Waals surface area contributed by atoms with Gasteiger partial charge in [-0.05, 0) is 52.5 Å². The van der Waals surface area contributed by atoms with Gasteiger partial charge in [-0.3, -0.25) is 9.59 Å². The topological polar surface area (TPSA) is 114 Å². The Morgan fingerprint density at radius 1 is 0.900 bits per heavy atom. The Bertz CT molecular complexity index is 1310. The SMILES string of the molecule is O=C(O)CC(NC(=O)OCC1c2ccccc2-c2ccccc21)C(=O)NCC1(CCOCc2ccccc2)CC1. The summed E-state index contributed by atoms with van der Waals surface area (Å²) in [6.07, 6.45) is 1.36. The van der Waals surface area contributed by atoms with E-state index in [0.29, 0.717) is 19.8 Å². The van der Waals surface area contributed by atoms with Gasteiger partial charge in [0.15, 0.2) is 0 Å². The molecule has 0 heterocycles. The van der Waals surface area contributed by atoms with Gasteiger partial charge in [0.2, 0.25) is 5.91 Å². The predicted octanol–water partition coefficient (Wildman–Crippen LogP) is 4.87. The molecule has 1 unspecified atom stereocenters. The van der Waals surface area contributed by atoms with Crippen LogP contribution in [0, 0.1) is 5.41 Å². The highest BCUT2D eigenvalue weighted by Crippen LogP contribution is 2.48. The van der Waals surface area contributed by atoms with Gasteiger partial charge in [-0.2, -0.15) is 0 Å². The number of fused-ring (bicyclic) bond motifs is 3. The Morgan fingerprint density at radius 2 is 1.52 bits per heavy atom. The monoisotopic (exact) mass is 542 g/mol. The van der Waals surface area contributed by atoms with Crippen LogP contribution >= 0.6 is 0 Å². The number of rotatable bonds is 13. The first kappa shape index (κ1) is 27.4. The number of benzene rings is 3. The van der Waals surface area contributed by atoms with Crippen LogP contribution < -0.4 is 10.6 Å². The highest BCUT2D eigenvalue weighted by atomic mass is 16.5. The molecule has 0 saturated heterocycles. The molecule has 3 aromatic rings. The van der Waals surface area contributed by atoms with E-state index in [1.165, 1.54) is 0 Å². The summed E-state index contributed by atoms with van der Waals surface area (Å²) in [5, 5.41) is 14.7. The second kappa shape index (κ2) is 12.3. The number of aliphatic carboxylic acids is 1. The molecular formula is C32H34N2O6. The van der Waals surface area contributed by atoms with Crippen LogP contribution in [0.2, 0.25) is 0 Å². The van der Waals surface area contributed by atoms with Crippen LogP contribution in [0.15, 0.2) is 78.9 Å². The molecule has 1 saturated carbocycles. The lowest BCUT2D eigenvalue weighted by Gasteiger charge is -2.21. The number of ether oxygens (including phenoxy) is 2. The van der Waals surface area contributed by atoms with E-state index in [2.05, 4.69) is 10.6 Å². The summed E-state index contributed by atoms with van der Waals surface area (Å²) in [6, 6.07) is 24.7. The molecule has 1 fully saturated rings. The second-order valence-corrected chi connectivity index (χ2v) is 10.6. The first-order valence-corrected chi connectivity index (χ1v) is 13.7. The number of carboxylic acid groups (broad SMARTS) is 1. The molecule has 3 aromatic carbocycles. The number of hydrogen-bond acceptors (Lipinski definition) is 5. The smallest absolute Gasteiger partial charge is 0.407 e. The summed E-state index contributed by atoms with van der Waals surface area (Å²) in [5.74, 6) is -1.86. The summed E-state index contributed by atoms with van der Waals surface area (Å²) in [5.41, 5.74) is 5.41. The molecule has 2 aliphatic rings. The largest absolute Gasteiger partial charge is 0.481 e. The van der Waals surface area contributed by atoms with E-state index < -0.39 is 30.4 Å². The van der Waals surface area contributed by atoms with E-state index in [1.54, 1.807) is 0 Å². The molecule has 3 N–H and O–H groups in total. The van der Waals surface area contributed by atoms with Crippen molar-refractivity contribution in [3.05, 3.63) is 95.6 Å². The van der Waals surface area contributed by atoms with Crippen molar-refractivity contribution in [3.63, 3.8) is 0 Å². The number of nitrogens with one attached hydrogen (secondary N) is 2. The Morgan fingerprint density at radius 3 is 2.15 bits per heavy atom. The van der Waals surface area contributed by atoms with E-state index in [-0.39, 0.29) is 17.9 Å². The third-order valence-corrected chi connectivity index (χ3v) is 7.81. The zero-order valence-corrected chi connectivity index (χ0v) is 22.3. The van der Waals surface area contributed by atoms with Gasteiger partial charge in [0.1, 0.15) is 12.6 Å². The van der Waals surface area contributed by atoms with Gasteiger partial charge in [-0.25, -0.2) is 4.79 Å². The maximum atomic E-state index is 12.9. The van der Waals surface area contributed by atoms with Crippen LogP contribution in [-0.4, -0.2) is 48.9 Å². The summed E-state index contributed by atoms with van der Waals surface area (Å²) in [6.45, 7) is 1.59. The lowest BCUT2D eigenvalue weighted by Crippen LogP contribution is -2.49. The molecule has 0 radical (unpaired) electrons. The van der Waals surface area contributed by atoms with Gasteiger partial charge in [0.05, 0.1) is 13.0 Å². The van der Waals surface area contributed by atoms with E-state index in [0.717, 1.165) is 47.1 Å². The Labute approximate surface area is 233 Å². The molecule has 5 rings (SSSR count). The molecule has 0 spiro atoms. The van der Waals surface area contributed by atoms with Crippen LogP contribution in [-0.2, 0) is 25.7 Å². The third-order valence-electron chi connectivity index (χ3n) is 7.81. The van der Waals surface area contributed by atoms with Crippen LogP contribution in [0.1, 0.15) is 48.3 Å². The standard InChI is InChI=1S/C32H34N2O6/c35-29(36)18-28(30(37)33-21-32(14-15-32)16-17-39-19-22-8-2-1-3-9-22)34-31(38)40-20-27-25-12-6-4-10-23(25)24-11-5-7-13-26(24)27/h1-13,27-28H,14-21H2,(H,33,37)(H,34,38)(H,35,36). The van der Waals surface area contributed by atoms with Crippen LogP contribution in [0.3, 0.4) is 0 Å². The van der Waals surface area contributed by atoms with Crippen molar-refractivity contribution < 1.29 is 29.0 Å². The van der Waals surface area contributed by atoms with Crippen molar-refractivity contribution in [1.29, 1.82) is 0 Å². The van der Waals surface area contributed by atoms with Crippen LogP contribution in [0.5, 0.6) is 0 Å². The molecule has 0 bridgehead atoms. The summed E-state index contributed by atoms with van der Waals surface area (Å²) < 4.78 is 11.3. The number of hydrogen-bond donors (Lipinski definition) is 3. The van der Waals surface area contributed by atoms with Gasteiger partial charge >= 0.3 is 12.1 Å². The van der Waals surface area contributed by atoms with Gasteiger partial charge < -0.3 is 25.2 Å². The van der Waals surface area contributed by atoms with E-state index >= 15 is 0 Å². The summed E-state index contributed by atoms with van der Waals surface area (Å²) >= 11 is 0. The number of carbonyl (C=O) groups excluding carboxylic acids is 2. The average molecular weight is 543 g/mol. The molecule has 40 heavy (non-hydrogen) atoms. The van der Waals surface area contributed by atoms with Crippen molar-refractivity contribution in [3.8, 4) is 11.1 Å². The lowest BCUT2D eigenvalue weighted by atomic mass is 9.98. The lowest BCUT2D eigenvalue weighted by molar-refractivity contribution is -0.139. The zero-order valence-electron chi connectivity index (χ0n) is 22.3. The first-order chi connectivity index (χ1) is 19.4. The van der Waals surface area contributed by atoms with Crippen LogP contribution in [0.4, 0.5) is 4.79 Å². The Kier molecular flexibility index (Phi) is 8.45. The van der Waals surface area contributed by atoms with Gasteiger partial charge in [0, 0.05) is 19.1 Å².